The summed E-state index contributed by atoms with van der Waals surface area (Å²) in [4.78, 5) is 0. The third kappa shape index (κ3) is 3.92. The van der Waals surface area contributed by atoms with Gasteiger partial charge < -0.3 is 0 Å². The molecule has 1 heterocycles. The van der Waals surface area contributed by atoms with Crippen LogP contribution in [0.4, 0.5) is 0 Å². The van der Waals surface area contributed by atoms with Crippen LogP contribution in [-0.4, -0.2) is 54.2 Å². The quantitative estimate of drug-likeness (QED) is 0.791. The summed E-state index contributed by atoms with van der Waals surface area (Å²) in [7, 11) is -1.86. The summed E-state index contributed by atoms with van der Waals surface area (Å²) in [6, 6.07) is 2.10. The van der Waals surface area contributed by atoms with E-state index < -0.39 is 10.2 Å². The summed E-state index contributed by atoms with van der Waals surface area (Å²) >= 11 is 1.96. The van der Waals surface area contributed by atoms with E-state index in [-0.39, 0.29) is 17.2 Å². The Morgan fingerprint density at radius 1 is 1.38 bits per heavy atom. The lowest BCUT2D eigenvalue weighted by atomic mass is 9.88. The average molecular weight is 332 g/mol. The molecule has 2 rings (SSSR count). The molecule has 120 valence electrons. The lowest BCUT2D eigenvalue weighted by Gasteiger charge is -2.44. The Balaban J connectivity index is 2.07. The fourth-order valence-electron chi connectivity index (χ4n) is 3.22. The molecule has 0 unspecified atom stereocenters. The third-order valence-corrected chi connectivity index (χ3v) is 7.89. The van der Waals surface area contributed by atoms with Gasteiger partial charge in [-0.05, 0) is 19.8 Å². The van der Waals surface area contributed by atoms with Gasteiger partial charge >= 0.3 is 0 Å². The molecule has 1 aliphatic carbocycles. The predicted molar refractivity (Wildman–Crippen MR) is 86.2 cm³/mol. The van der Waals surface area contributed by atoms with E-state index in [1.54, 1.807) is 18.3 Å². The molecule has 1 spiro atoms. The monoisotopic (exact) mass is 331 g/mol. The highest BCUT2D eigenvalue weighted by molar-refractivity contribution is 8.00. The summed E-state index contributed by atoms with van der Waals surface area (Å²) in [5.74, 6) is 0.591. The topological polar surface area (TPSA) is 64.4 Å². The Hall–Kier alpha value is -0.290. The van der Waals surface area contributed by atoms with E-state index in [0.29, 0.717) is 13.1 Å². The largest absolute Gasteiger partial charge is 0.281 e. The Kier molecular flexibility index (Phi) is 5.58. The second-order valence-electron chi connectivity index (χ2n) is 6.24. The summed E-state index contributed by atoms with van der Waals surface area (Å²) in [6.07, 6.45) is 5.95. The van der Waals surface area contributed by atoms with Crippen molar-refractivity contribution in [2.45, 2.75) is 43.8 Å². The number of rotatable bonds is 4. The third-order valence-electron chi connectivity index (χ3n) is 4.45. The maximum absolute atomic E-state index is 12.7. The Labute approximate surface area is 132 Å². The van der Waals surface area contributed by atoms with Gasteiger partial charge in [0.2, 0.25) is 0 Å². The zero-order valence-electron chi connectivity index (χ0n) is 12.9. The Morgan fingerprint density at radius 3 is 2.67 bits per heavy atom. The molecule has 1 saturated heterocycles. The molecule has 0 aromatic rings. The minimum Gasteiger partial charge on any atom is -0.198 e. The molecule has 0 amide bonds. The lowest BCUT2D eigenvalue weighted by molar-refractivity contribution is 0.286. The Bertz CT molecular complexity index is 489. The smallest absolute Gasteiger partial charge is 0.198 e. The summed E-state index contributed by atoms with van der Waals surface area (Å²) in [5.41, 5.74) is 0. The molecule has 5 nitrogen and oxygen atoms in total. The van der Waals surface area contributed by atoms with Gasteiger partial charge in [0, 0.05) is 37.2 Å². The highest BCUT2D eigenvalue weighted by Gasteiger charge is 2.42. The first-order valence-electron chi connectivity index (χ1n) is 7.65. The highest BCUT2D eigenvalue weighted by Crippen LogP contribution is 2.43. The first-order chi connectivity index (χ1) is 9.89. The number of thioether (sulfide) groups is 1. The van der Waals surface area contributed by atoms with Crippen LogP contribution in [0.3, 0.4) is 0 Å². The van der Waals surface area contributed by atoms with E-state index in [1.165, 1.54) is 23.6 Å². The minimum atomic E-state index is -3.44. The molecule has 2 fully saturated rings. The van der Waals surface area contributed by atoms with Crippen molar-refractivity contribution in [2.75, 3.05) is 32.4 Å². The van der Waals surface area contributed by atoms with E-state index >= 15 is 0 Å². The molecule has 2 aliphatic rings. The first-order valence-corrected chi connectivity index (χ1v) is 10.0. The van der Waals surface area contributed by atoms with Crippen molar-refractivity contribution < 1.29 is 8.42 Å². The number of nitrogens with zero attached hydrogens (tertiary/aromatic N) is 3. The zero-order valence-corrected chi connectivity index (χ0v) is 14.5. The van der Waals surface area contributed by atoms with Crippen LogP contribution in [-0.2, 0) is 10.2 Å². The number of hydrogen-bond donors (Lipinski definition) is 0. The normalized spacial score (nSPS) is 24.9. The van der Waals surface area contributed by atoms with Crippen molar-refractivity contribution in [1.82, 2.24) is 8.61 Å². The molecule has 1 aliphatic heterocycles. The predicted octanol–water partition coefficient (Wildman–Crippen LogP) is 2.07. The molecule has 0 aromatic heterocycles. The molecule has 0 radical (unpaired) electrons. The number of nitriles is 1. The molecule has 1 saturated carbocycles. The fourth-order valence-corrected chi connectivity index (χ4v) is 6.53. The fraction of sp³-hybridized carbons (Fsp3) is 0.929. The van der Waals surface area contributed by atoms with Crippen LogP contribution in [0.1, 0.15) is 39.0 Å². The molecule has 0 aromatic carbocycles. The van der Waals surface area contributed by atoms with E-state index in [2.05, 4.69) is 6.07 Å². The molecular weight excluding hydrogens is 306 g/mol. The molecular formula is C14H25N3O2S2. The number of hydrogen-bond acceptors (Lipinski definition) is 4. The van der Waals surface area contributed by atoms with Crippen molar-refractivity contribution >= 4 is 22.0 Å². The van der Waals surface area contributed by atoms with Crippen molar-refractivity contribution in [1.29, 1.82) is 5.26 Å². The highest BCUT2D eigenvalue weighted by atomic mass is 32.2. The van der Waals surface area contributed by atoms with Gasteiger partial charge in [0.05, 0.1) is 12.0 Å². The van der Waals surface area contributed by atoms with Gasteiger partial charge in [0.1, 0.15) is 0 Å². The minimum absolute atomic E-state index is 0.130. The first kappa shape index (κ1) is 17.1. The van der Waals surface area contributed by atoms with Crippen molar-refractivity contribution in [2.24, 2.45) is 5.92 Å². The van der Waals surface area contributed by atoms with Crippen molar-refractivity contribution in [3.63, 3.8) is 0 Å². The van der Waals surface area contributed by atoms with E-state index in [9.17, 15) is 8.42 Å². The molecule has 1 atom stereocenters. The lowest BCUT2D eigenvalue weighted by Crippen LogP contribution is -2.53. The van der Waals surface area contributed by atoms with Crippen molar-refractivity contribution in [3.05, 3.63) is 0 Å². The van der Waals surface area contributed by atoms with Gasteiger partial charge in [0.15, 0.2) is 0 Å². The zero-order chi connectivity index (χ0) is 15.5. The average Bonchev–Trinajstić information content (AvgIpc) is 2.47. The van der Waals surface area contributed by atoms with Crippen molar-refractivity contribution in [3.8, 4) is 6.07 Å². The standard InChI is InChI=1S/C14H25N3O2S2/c1-13(10-15)11-16(2)21(18,19)17-8-9-20-14(12-17)6-4-3-5-7-14/h13H,3-9,11-12H2,1-2H3/t13-/m1/s1. The maximum atomic E-state index is 12.7. The van der Waals surface area contributed by atoms with Crippen LogP contribution >= 0.6 is 11.8 Å². The van der Waals surface area contributed by atoms with Crippen LogP contribution in [0.5, 0.6) is 0 Å². The Morgan fingerprint density at radius 2 is 2.05 bits per heavy atom. The van der Waals surface area contributed by atoms with E-state index in [0.717, 1.165) is 18.6 Å². The maximum Gasteiger partial charge on any atom is 0.281 e. The van der Waals surface area contributed by atoms with Gasteiger partial charge in [0.25, 0.3) is 10.2 Å². The van der Waals surface area contributed by atoms with Crippen LogP contribution in [0.25, 0.3) is 0 Å². The molecule has 21 heavy (non-hydrogen) atoms. The summed E-state index contributed by atoms with van der Waals surface area (Å²) in [6.45, 7) is 3.22. The van der Waals surface area contributed by atoms with E-state index in [4.69, 9.17) is 5.26 Å². The molecule has 7 heteroatoms. The van der Waals surface area contributed by atoms with Crippen LogP contribution in [0, 0.1) is 17.2 Å². The van der Waals surface area contributed by atoms with Gasteiger partial charge in [-0.2, -0.15) is 34.1 Å². The SMILES string of the molecule is C[C@H](C#N)CN(C)S(=O)(=O)N1CCSC2(CCCCC2)C1. The second kappa shape index (κ2) is 6.86. The van der Waals surface area contributed by atoms with Crippen LogP contribution < -0.4 is 0 Å². The molecule has 0 N–H and O–H groups in total. The second-order valence-corrected chi connectivity index (χ2v) is 9.84. The summed E-state index contributed by atoms with van der Waals surface area (Å²) < 4.78 is 28.5. The van der Waals surface area contributed by atoms with E-state index in [1.807, 2.05) is 11.8 Å². The van der Waals surface area contributed by atoms with Gasteiger partial charge in [-0.25, -0.2) is 0 Å². The van der Waals surface area contributed by atoms with Crippen LogP contribution in [0.2, 0.25) is 0 Å². The van der Waals surface area contributed by atoms with Gasteiger partial charge in [-0.3, -0.25) is 0 Å². The van der Waals surface area contributed by atoms with Gasteiger partial charge in [-0.15, -0.1) is 0 Å². The summed E-state index contributed by atoms with van der Waals surface area (Å²) in [5, 5.41) is 8.87. The van der Waals surface area contributed by atoms with Crippen LogP contribution in [0.15, 0.2) is 0 Å². The molecule has 0 bridgehead atoms. The van der Waals surface area contributed by atoms with Gasteiger partial charge in [-0.1, -0.05) is 19.3 Å².